The van der Waals surface area contributed by atoms with Crippen LogP contribution in [0.3, 0.4) is 0 Å². The van der Waals surface area contributed by atoms with Crippen molar-refractivity contribution < 1.29 is 59.4 Å². The van der Waals surface area contributed by atoms with Crippen molar-refractivity contribution in [2.24, 2.45) is 0 Å². The van der Waals surface area contributed by atoms with Crippen LogP contribution in [0.25, 0.3) is 10.8 Å². The highest BCUT2D eigenvalue weighted by molar-refractivity contribution is 7.54. The van der Waals surface area contributed by atoms with E-state index in [0.29, 0.717) is 76.7 Å². The number of ether oxygens (including phenoxy) is 3. The fraction of sp³-hybridized carbons (Fsp3) is 0.364. The molecule has 2 aliphatic heterocycles. The third-order valence-electron chi connectivity index (χ3n) is 11.5. The Labute approximate surface area is 367 Å². The number of H-pyrrole nitrogens is 1. The summed E-state index contributed by atoms with van der Waals surface area (Å²) in [7, 11) is -1.31. The van der Waals surface area contributed by atoms with Crippen molar-refractivity contribution in [2.75, 3.05) is 45.3 Å². The summed E-state index contributed by atoms with van der Waals surface area (Å²) in [6.07, 6.45) is -0.942. The van der Waals surface area contributed by atoms with Gasteiger partial charge < -0.3 is 33.1 Å². The molecule has 1 saturated heterocycles. The number of rotatable bonds is 11. The number of nitrogens with zero attached hydrogens (tertiary/aromatic N) is 5. The molecule has 15 nitrogen and oxygen atoms in total. The van der Waals surface area contributed by atoms with Crippen LogP contribution in [-0.4, -0.2) is 96.4 Å². The predicted molar refractivity (Wildman–Crippen MR) is 222 cm³/mol. The van der Waals surface area contributed by atoms with Crippen molar-refractivity contribution in [3.05, 3.63) is 123 Å². The average molecular weight is 923 g/mol. The molecule has 1 N–H and O–H groups in total. The highest BCUT2D eigenvalue weighted by Gasteiger charge is 2.49. The summed E-state index contributed by atoms with van der Waals surface area (Å²) in [5.41, 5.74) is 1.56. The molecule has 0 spiro atoms. The SMILES string of the molecule is COP(=O)(OC)C1OC(=O)c2ccc(OC3CC(F)(F)C3)cc21.N#Cc1ccc(N2CCN(C(=O)c3cc(Cc4n[nH]c(=O)c5ccc(OC6CC(F)(F)C6)cc45)ccc3F)CC2)nc1. The van der Waals surface area contributed by atoms with Gasteiger partial charge in [0.15, 0.2) is 0 Å². The molecular weight excluding hydrogens is 882 g/mol. The molecule has 3 fully saturated rings. The van der Waals surface area contributed by atoms with E-state index in [-0.39, 0.29) is 43.2 Å². The molecule has 9 rings (SSSR count). The van der Waals surface area contributed by atoms with E-state index in [2.05, 4.69) is 15.2 Å². The highest BCUT2D eigenvalue weighted by Crippen LogP contribution is 2.63. The number of carbonyl (C=O) groups is 2. The van der Waals surface area contributed by atoms with Crippen molar-refractivity contribution in [1.29, 1.82) is 5.26 Å². The zero-order chi connectivity index (χ0) is 46.3. The predicted octanol–water partition coefficient (Wildman–Crippen LogP) is 7.58. The molecule has 3 aromatic carbocycles. The molecule has 4 aliphatic rings. The first-order chi connectivity index (χ1) is 31.0. The molecule has 340 valence electrons. The number of hydrogen-bond acceptors (Lipinski definition) is 13. The molecule has 1 unspecified atom stereocenters. The van der Waals surface area contributed by atoms with Crippen molar-refractivity contribution in [1.82, 2.24) is 20.1 Å². The summed E-state index contributed by atoms with van der Waals surface area (Å²) in [5, 5.41) is 16.4. The van der Waals surface area contributed by atoms with Crippen LogP contribution in [0.15, 0.2) is 77.7 Å². The molecule has 0 bridgehead atoms. The van der Waals surface area contributed by atoms with Crippen molar-refractivity contribution in [3.63, 3.8) is 0 Å². The van der Waals surface area contributed by atoms with Crippen molar-refractivity contribution in [2.45, 2.75) is 62.0 Å². The second-order valence-electron chi connectivity index (χ2n) is 15.9. The van der Waals surface area contributed by atoms with E-state index in [1.54, 1.807) is 41.3 Å². The van der Waals surface area contributed by atoms with Gasteiger partial charge in [-0.2, -0.15) is 10.4 Å². The fourth-order valence-corrected chi connectivity index (χ4v) is 9.20. The average Bonchev–Trinajstić information content (AvgIpc) is 3.62. The van der Waals surface area contributed by atoms with Gasteiger partial charge in [0.25, 0.3) is 23.3 Å². The molecule has 4 heterocycles. The number of piperazine rings is 1. The first-order valence-electron chi connectivity index (χ1n) is 20.3. The van der Waals surface area contributed by atoms with Crippen molar-refractivity contribution in [3.8, 4) is 17.6 Å². The number of fused-ring (bicyclic) bond motifs is 2. The Morgan fingerprint density at radius 1 is 0.877 bits per heavy atom. The second-order valence-corrected chi connectivity index (χ2v) is 18.2. The number of amides is 1. The summed E-state index contributed by atoms with van der Waals surface area (Å²) in [5.74, 6) is -7.00. The lowest BCUT2D eigenvalue weighted by atomic mass is 9.91. The molecule has 1 amide bonds. The molecule has 21 heteroatoms. The largest absolute Gasteiger partial charge is 0.490 e. The number of aromatic amines is 1. The Kier molecular flexibility index (Phi) is 12.4. The topological polar surface area (TPSA) is 186 Å². The number of esters is 1. The number of hydrogen-bond donors (Lipinski definition) is 1. The van der Waals surface area contributed by atoms with Gasteiger partial charge in [0.1, 0.15) is 41.4 Å². The quantitative estimate of drug-likeness (QED) is 0.0777. The van der Waals surface area contributed by atoms with Crippen LogP contribution in [-0.2, 0) is 24.8 Å². The van der Waals surface area contributed by atoms with Gasteiger partial charge in [-0.3, -0.25) is 14.2 Å². The van der Waals surface area contributed by atoms with Gasteiger partial charge in [0, 0.05) is 89.6 Å². The highest BCUT2D eigenvalue weighted by atomic mass is 31.2. The number of halogens is 5. The van der Waals surface area contributed by atoms with Gasteiger partial charge in [-0.15, -0.1) is 0 Å². The van der Waals surface area contributed by atoms with E-state index in [1.165, 1.54) is 50.7 Å². The third-order valence-corrected chi connectivity index (χ3v) is 13.5. The van der Waals surface area contributed by atoms with Gasteiger partial charge >= 0.3 is 13.6 Å². The number of cyclic esters (lactones) is 1. The van der Waals surface area contributed by atoms with Crippen LogP contribution in [0.5, 0.6) is 11.5 Å². The number of carbonyl (C=O) groups excluding carboxylic acids is 2. The summed E-state index contributed by atoms with van der Waals surface area (Å²) in [6.45, 7) is 1.74. The maximum atomic E-state index is 14.9. The van der Waals surface area contributed by atoms with E-state index in [9.17, 15) is 40.9 Å². The van der Waals surface area contributed by atoms with E-state index in [1.807, 2.05) is 11.0 Å². The van der Waals surface area contributed by atoms with Gasteiger partial charge in [-0.1, -0.05) is 6.07 Å². The maximum absolute atomic E-state index is 14.9. The molecule has 1 atom stereocenters. The number of alkyl halides is 4. The summed E-state index contributed by atoms with van der Waals surface area (Å²) in [4.78, 5) is 45.4. The number of nitriles is 1. The van der Waals surface area contributed by atoms with Crippen LogP contribution in [0.2, 0.25) is 0 Å². The Balaban J connectivity index is 0.000000211. The van der Waals surface area contributed by atoms with Crippen LogP contribution in [0.1, 0.15) is 74.6 Å². The zero-order valence-corrected chi connectivity index (χ0v) is 35.7. The lowest BCUT2D eigenvalue weighted by molar-refractivity contribution is -0.135. The molecule has 5 aromatic rings. The molecular formula is C44H40F5N6O9P. The third kappa shape index (κ3) is 9.68. The Morgan fingerprint density at radius 3 is 2.12 bits per heavy atom. The normalized spacial score (nSPS) is 18.9. The number of nitrogens with one attached hydrogen (secondary N) is 1. The number of benzene rings is 3. The molecule has 65 heavy (non-hydrogen) atoms. The maximum Gasteiger partial charge on any atom is 0.375 e. The van der Waals surface area contributed by atoms with Gasteiger partial charge in [-0.05, 0) is 66.2 Å². The number of anilines is 1. The Bertz CT molecular complexity index is 2780. The van der Waals surface area contributed by atoms with E-state index in [4.69, 9.17) is 28.5 Å². The van der Waals surface area contributed by atoms with Crippen LogP contribution in [0.4, 0.5) is 27.8 Å². The van der Waals surface area contributed by atoms with E-state index in [0.717, 1.165) is 0 Å². The van der Waals surface area contributed by atoms with Gasteiger partial charge in [0.05, 0.1) is 27.8 Å². The number of aromatic nitrogens is 3. The monoisotopic (exact) mass is 922 g/mol. The standard InChI is InChI=1S/C30H25F3N6O3.C14H15F2O6P/c31-25-5-1-18(11-24(25)29(41)39-9-7-38(8-10-39)27-6-2-19(16-34)17-35-27)12-26-23-13-20(42-21-14-30(32,33)15-21)3-4-22(23)28(40)37-36-26;1-19-23(18,20-2)13-11-5-8(3-4-10(11)12(17)22-13)21-9-6-14(15,16)7-9/h1-6,11,13,17,21H,7-10,12,14-15H2,(H,37,40);3-5,9,13H,6-7H2,1-2H3. The lowest BCUT2D eigenvalue weighted by Gasteiger charge is -2.35. The number of pyridine rings is 1. The van der Waals surface area contributed by atoms with Gasteiger partial charge in [-0.25, -0.2) is 36.8 Å². The van der Waals surface area contributed by atoms with E-state index < -0.39 is 60.7 Å². The summed E-state index contributed by atoms with van der Waals surface area (Å²) < 4.78 is 106. The minimum Gasteiger partial charge on any atom is -0.490 e. The van der Waals surface area contributed by atoms with Gasteiger partial charge in [0.2, 0.25) is 5.85 Å². The first-order valence-corrected chi connectivity index (χ1v) is 21.9. The molecule has 0 radical (unpaired) electrons. The van der Waals surface area contributed by atoms with Crippen molar-refractivity contribution >= 4 is 36.1 Å². The zero-order valence-electron chi connectivity index (χ0n) is 34.8. The minimum absolute atomic E-state index is 0.0684. The smallest absolute Gasteiger partial charge is 0.375 e. The first kappa shape index (κ1) is 45.2. The summed E-state index contributed by atoms with van der Waals surface area (Å²) >= 11 is 0. The fourth-order valence-electron chi connectivity index (χ4n) is 7.89. The Morgan fingerprint density at radius 2 is 1.52 bits per heavy atom. The Hall–Kier alpha value is -6.42. The summed E-state index contributed by atoms with van der Waals surface area (Å²) in [6, 6.07) is 18.8. The molecule has 2 saturated carbocycles. The van der Waals surface area contributed by atoms with E-state index >= 15 is 0 Å². The molecule has 2 aromatic heterocycles. The minimum atomic E-state index is -3.68. The van der Waals surface area contributed by atoms with Crippen LogP contribution < -0.4 is 19.9 Å². The lowest BCUT2D eigenvalue weighted by Crippen LogP contribution is -2.49. The van der Waals surface area contributed by atoms with Crippen LogP contribution in [0, 0.1) is 17.1 Å². The second kappa shape index (κ2) is 17.9. The van der Waals surface area contributed by atoms with Crippen LogP contribution >= 0.6 is 7.60 Å². The molecule has 2 aliphatic carbocycles.